The number of aryl methyl sites for hydroxylation is 3. The summed E-state index contributed by atoms with van der Waals surface area (Å²) in [5, 5.41) is 3.97. The van der Waals surface area contributed by atoms with Crippen LogP contribution in [0.4, 0.5) is 22.7 Å². The van der Waals surface area contributed by atoms with E-state index in [1.807, 2.05) is 0 Å². The highest BCUT2D eigenvalue weighted by molar-refractivity contribution is 6.73. The predicted molar refractivity (Wildman–Crippen MR) is 261 cm³/mol. The minimum atomic E-state index is -0.0391. The maximum atomic E-state index is 3.97. The van der Waals surface area contributed by atoms with E-state index in [4.69, 9.17) is 0 Å². The third-order valence-electron chi connectivity index (χ3n) is 14.9. The Balaban J connectivity index is 1.23. The van der Waals surface area contributed by atoms with Gasteiger partial charge < -0.3 is 10.2 Å². The average Bonchev–Trinajstić information content (AvgIpc) is 3.75. The Labute approximate surface area is 359 Å². The van der Waals surface area contributed by atoms with Gasteiger partial charge in [0.15, 0.2) is 7.28 Å². The van der Waals surface area contributed by atoms with Crippen molar-refractivity contribution in [1.82, 2.24) is 0 Å². The molecule has 1 fully saturated rings. The molecule has 0 bridgehead atoms. The van der Waals surface area contributed by atoms with E-state index in [0.717, 1.165) is 25.1 Å². The van der Waals surface area contributed by atoms with Gasteiger partial charge in [-0.3, -0.25) is 0 Å². The molecule has 0 spiro atoms. The molecule has 0 aromatic heterocycles. The molecule has 0 saturated heterocycles. The zero-order chi connectivity index (χ0) is 41.7. The van der Waals surface area contributed by atoms with Crippen LogP contribution in [0.15, 0.2) is 127 Å². The summed E-state index contributed by atoms with van der Waals surface area (Å²) in [5.74, 6) is 0. The topological polar surface area (TPSA) is 15.3 Å². The first kappa shape index (κ1) is 38.7. The van der Waals surface area contributed by atoms with Crippen LogP contribution in [-0.2, 0) is 10.8 Å². The first-order valence-corrected chi connectivity index (χ1v) is 22.4. The maximum Gasteiger partial charge on any atom is 0.198 e. The summed E-state index contributed by atoms with van der Waals surface area (Å²) >= 11 is 0. The highest BCUT2D eigenvalue weighted by Crippen LogP contribution is 2.61. The van der Waals surface area contributed by atoms with E-state index in [0.29, 0.717) is 0 Å². The second kappa shape index (κ2) is 14.0. The van der Waals surface area contributed by atoms with Crippen LogP contribution < -0.4 is 21.1 Å². The van der Waals surface area contributed by atoms with Crippen molar-refractivity contribution in [1.29, 1.82) is 0 Å². The van der Waals surface area contributed by atoms with Crippen molar-refractivity contribution >= 4 is 46.5 Å². The van der Waals surface area contributed by atoms with Crippen LogP contribution in [0.5, 0.6) is 0 Å². The van der Waals surface area contributed by atoms with Gasteiger partial charge in [0.25, 0.3) is 0 Å². The summed E-state index contributed by atoms with van der Waals surface area (Å²) in [6.45, 7) is 21.4. The normalized spacial score (nSPS) is 20.2. The van der Waals surface area contributed by atoms with Gasteiger partial charge >= 0.3 is 0 Å². The van der Waals surface area contributed by atoms with Gasteiger partial charge in [-0.15, -0.1) is 0 Å². The minimum Gasteiger partial charge on any atom is -0.355 e. The lowest BCUT2D eigenvalue weighted by atomic mass is 9.57. The van der Waals surface area contributed by atoms with Crippen molar-refractivity contribution in [2.75, 3.05) is 10.2 Å². The Morgan fingerprint density at radius 1 is 0.683 bits per heavy atom. The molecule has 10 rings (SSSR count). The number of nitrogens with one attached hydrogen (secondary N) is 1. The zero-order valence-electron chi connectivity index (χ0n) is 37.2. The van der Waals surface area contributed by atoms with E-state index in [1.165, 1.54) is 120 Å². The van der Waals surface area contributed by atoms with Gasteiger partial charge in [-0.05, 0) is 162 Å². The van der Waals surface area contributed by atoms with Gasteiger partial charge in [-0.1, -0.05) is 142 Å². The number of benzene rings is 6. The molecule has 2 aliphatic carbocycles. The Kier molecular flexibility index (Phi) is 9.03. The second-order valence-corrected chi connectivity index (χ2v) is 20.1. The quantitative estimate of drug-likeness (QED) is 0.169. The SMILES string of the molecule is CC1=CCC(c2ccc(Nc3ccc(-c4ccccc4)cc3)c(-c3cc(-c4c(C)cc(C)cc4C)cc4c3Bc3cc(C(C)(C)C)cc5c3N4C3(C)CCCCC53C)c2)=C1. The molecule has 3 heteroatoms. The first-order chi connectivity index (χ1) is 28.7. The summed E-state index contributed by atoms with van der Waals surface area (Å²) in [5.41, 5.74) is 26.9. The van der Waals surface area contributed by atoms with Crippen molar-refractivity contribution < 1.29 is 0 Å². The zero-order valence-corrected chi connectivity index (χ0v) is 37.2. The summed E-state index contributed by atoms with van der Waals surface area (Å²) in [6, 6.07) is 41.9. The fourth-order valence-corrected chi connectivity index (χ4v) is 11.6. The molecule has 6 aromatic rings. The molecule has 1 N–H and O–H groups in total. The van der Waals surface area contributed by atoms with E-state index in [-0.39, 0.29) is 16.4 Å². The van der Waals surface area contributed by atoms with E-state index in [2.05, 4.69) is 194 Å². The molecule has 2 unspecified atom stereocenters. The molecule has 0 radical (unpaired) electrons. The second-order valence-electron chi connectivity index (χ2n) is 20.1. The number of hydrogen-bond acceptors (Lipinski definition) is 2. The number of rotatable bonds is 6. The maximum absolute atomic E-state index is 3.97. The Hall–Kier alpha value is -5.54. The lowest BCUT2D eigenvalue weighted by Crippen LogP contribution is -2.57. The van der Waals surface area contributed by atoms with Gasteiger partial charge in [-0.25, -0.2) is 0 Å². The number of allylic oxidation sites excluding steroid dienone is 4. The Morgan fingerprint density at radius 3 is 2.07 bits per heavy atom. The predicted octanol–water partition coefficient (Wildman–Crippen LogP) is 13.8. The molecule has 300 valence electrons. The third kappa shape index (κ3) is 6.14. The van der Waals surface area contributed by atoms with Crippen molar-refractivity contribution in [3.63, 3.8) is 0 Å². The lowest BCUT2D eigenvalue weighted by Gasteiger charge is -2.51. The Bertz CT molecular complexity index is 2760. The van der Waals surface area contributed by atoms with Gasteiger partial charge in [0, 0.05) is 33.7 Å². The molecule has 6 aromatic carbocycles. The molecular formula is C57H59BN2. The summed E-state index contributed by atoms with van der Waals surface area (Å²) in [7, 11) is 0.907. The standard InChI is InChI=1S/C57H59BN2/c1-35-17-18-41(29-35)42-21-24-50(59-45-22-19-40(20-23-45)39-15-11-10-12-16-39)46(30-42)47-31-43(52-37(3)27-36(2)28-38(52)4)32-51-53(47)58-49-34-44(55(5,6)7)33-48-54(49)60(51)57(9)26-14-13-25-56(48,57)8/h10-12,15-17,19-24,27-34,58-59H,13-14,18,25-26H2,1-9H3. The lowest BCUT2D eigenvalue weighted by molar-refractivity contribution is 0.195. The number of nitrogens with zero attached hydrogens (tertiary/aromatic N) is 1. The van der Waals surface area contributed by atoms with Crippen molar-refractivity contribution in [3.05, 3.63) is 160 Å². The van der Waals surface area contributed by atoms with Crippen LogP contribution in [0.3, 0.4) is 0 Å². The van der Waals surface area contributed by atoms with Gasteiger partial charge in [-0.2, -0.15) is 0 Å². The van der Waals surface area contributed by atoms with Crippen LogP contribution >= 0.6 is 0 Å². The summed E-state index contributed by atoms with van der Waals surface area (Å²) in [6.07, 6.45) is 10.7. The Morgan fingerprint density at radius 2 is 1.37 bits per heavy atom. The number of fused-ring (bicyclic) bond motifs is 5. The molecule has 2 aliphatic heterocycles. The first-order valence-electron chi connectivity index (χ1n) is 22.4. The van der Waals surface area contributed by atoms with Gasteiger partial charge in [0.2, 0.25) is 0 Å². The largest absolute Gasteiger partial charge is 0.355 e. The van der Waals surface area contributed by atoms with Crippen molar-refractivity contribution in [3.8, 4) is 33.4 Å². The molecule has 1 saturated carbocycles. The van der Waals surface area contributed by atoms with E-state index in [9.17, 15) is 0 Å². The fraction of sp³-hybridized carbons (Fsp3) is 0.298. The van der Waals surface area contributed by atoms with E-state index in [1.54, 1.807) is 5.56 Å². The highest BCUT2D eigenvalue weighted by Gasteiger charge is 2.59. The smallest absolute Gasteiger partial charge is 0.198 e. The van der Waals surface area contributed by atoms with Gasteiger partial charge in [0.05, 0.1) is 5.54 Å². The highest BCUT2D eigenvalue weighted by atomic mass is 15.3. The summed E-state index contributed by atoms with van der Waals surface area (Å²) in [4.78, 5) is 2.87. The third-order valence-corrected chi connectivity index (χ3v) is 14.9. The number of anilines is 4. The van der Waals surface area contributed by atoms with E-state index >= 15 is 0 Å². The van der Waals surface area contributed by atoms with Crippen LogP contribution in [-0.4, -0.2) is 12.8 Å². The minimum absolute atomic E-state index is 0.0391. The molecule has 2 nitrogen and oxygen atoms in total. The van der Waals surface area contributed by atoms with Crippen LogP contribution in [0.25, 0.3) is 39.0 Å². The van der Waals surface area contributed by atoms with Crippen LogP contribution in [0.1, 0.15) is 107 Å². The van der Waals surface area contributed by atoms with Crippen LogP contribution in [0, 0.1) is 20.8 Å². The molecule has 60 heavy (non-hydrogen) atoms. The average molecular weight is 783 g/mol. The summed E-state index contributed by atoms with van der Waals surface area (Å²) < 4.78 is 0. The fourth-order valence-electron chi connectivity index (χ4n) is 11.6. The molecule has 2 atom stereocenters. The van der Waals surface area contributed by atoms with Gasteiger partial charge in [0.1, 0.15) is 0 Å². The van der Waals surface area contributed by atoms with E-state index < -0.39 is 0 Å². The monoisotopic (exact) mass is 782 g/mol. The number of hydrogen-bond donors (Lipinski definition) is 1. The molecule has 0 amide bonds. The molecule has 4 aliphatic rings. The van der Waals surface area contributed by atoms with Crippen molar-refractivity contribution in [2.45, 2.75) is 111 Å². The van der Waals surface area contributed by atoms with Crippen LogP contribution in [0.2, 0.25) is 0 Å². The molecular weight excluding hydrogens is 723 g/mol. The molecule has 2 heterocycles. The van der Waals surface area contributed by atoms with Crippen molar-refractivity contribution in [2.24, 2.45) is 0 Å².